The average Bonchev–Trinajstić information content (AvgIpc) is 2.78. The minimum Gasteiger partial charge on any atom is -0.288 e. The van der Waals surface area contributed by atoms with Crippen LogP contribution in [0.1, 0.15) is 27.8 Å². The molecule has 0 aliphatic carbocycles. The van der Waals surface area contributed by atoms with Gasteiger partial charge >= 0.3 is 0 Å². The molecule has 0 amide bonds. The number of aryl methyl sites for hydroxylation is 3. The molecular weight excluding hydrogens is 393 g/mol. The highest BCUT2D eigenvalue weighted by Crippen LogP contribution is 2.33. The van der Waals surface area contributed by atoms with Crippen LogP contribution in [-0.2, 0) is 6.54 Å². The summed E-state index contributed by atoms with van der Waals surface area (Å²) in [5.41, 5.74) is 6.47. The lowest BCUT2D eigenvalue weighted by Crippen LogP contribution is -2.23. The molecule has 0 unspecified atom stereocenters. The molecule has 0 spiro atoms. The predicted molar refractivity (Wildman–Crippen MR) is 137 cm³/mol. The summed E-state index contributed by atoms with van der Waals surface area (Å²) in [6.07, 6.45) is 2.06. The van der Waals surface area contributed by atoms with Crippen LogP contribution >= 0.6 is 7.92 Å². The molecule has 0 aliphatic heterocycles. The number of benzene rings is 4. The first-order valence-electron chi connectivity index (χ1n) is 10.7. The fraction of sp³-hybridized carbons (Fsp3) is 0.138. The highest BCUT2D eigenvalue weighted by molar-refractivity contribution is 7.80. The van der Waals surface area contributed by atoms with E-state index in [1.807, 2.05) is 0 Å². The van der Waals surface area contributed by atoms with Crippen LogP contribution in [0.15, 0.2) is 102 Å². The summed E-state index contributed by atoms with van der Waals surface area (Å²) in [7, 11) is -0.646. The van der Waals surface area contributed by atoms with Crippen molar-refractivity contribution >= 4 is 30.0 Å². The molecule has 0 saturated carbocycles. The summed E-state index contributed by atoms with van der Waals surface area (Å²) in [6.45, 7) is 7.23. The molecule has 4 aromatic carbocycles. The molecule has 0 N–H and O–H groups in total. The van der Waals surface area contributed by atoms with Gasteiger partial charge < -0.3 is 0 Å². The first-order chi connectivity index (χ1) is 15.1. The van der Waals surface area contributed by atoms with Gasteiger partial charge in [-0.25, -0.2) is 0 Å². The van der Waals surface area contributed by atoms with Gasteiger partial charge in [-0.1, -0.05) is 103 Å². The molecule has 0 fully saturated rings. The van der Waals surface area contributed by atoms with Crippen molar-refractivity contribution < 1.29 is 0 Å². The predicted octanol–water partition coefficient (Wildman–Crippen LogP) is 5.99. The second kappa shape index (κ2) is 9.86. The van der Waals surface area contributed by atoms with Crippen molar-refractivity contribution in [3.05, 3.63) is 125 Å². The number of hydrogen-bond donors (Lipinski definition) is 0. The molecule has 0 saturated heterocycles. The number of hydrogen-bond acceptors (Lipinski definition) is 1. The lowest BCUT2D eigenvalue weighted by atomic mass is 10.00. The van der Waals surface area contributed by atoms with E-state index in [1.54, 1.807) is 0 Å². The van der Waals surface area contributed by atoms with Crippen LogP contribution in [0.4, 0.5) is 0 Å². The van der Waals surface area contributed by atoms with Crippen LogP contribution in [0.3, 0.4) is 0 Å². The van der Waals surface area contributed by atoms with Crippen molar-refractivity contribution in [3.8, 4) is 0 Å². The van der Waals surface area contributed by atoms with Gasteiger partial charge in [0.25, 0.3) is 0 Å². The monoisotopic (exact) mass is 421 g/mol. The van der Waals surface area contributed by atoms with E-state index in [0.29, 0.717) is 6.54 Å². The highest BCUT2D eigenvalue weighted by atomic mass is 31.1. The smallest absolute Gasteiger partial charge is 0.0645 e. The first-order valence-corrected chi connectivity index (χ1v) is 12.0. The zero-order chi connectivity index (χ0) is 21.6. The third kappa shape index (κ3) is 5.01. The maximum Gasteiger partial charge on any atom is 0.0645 e. The topological polar surface area (TPSA) is 12.4 Å². The van der Waals surface area contributed by atoms with Gasteiger partial charge in [0.05, 0.1) is 6.54 Å². The second-order valence-electron chi connectivity index (χ2n) is 7.91. The van der Waals surface area contributed by atoms with Gasteiger partial charge in [0.1, 0.15) is 0 Å². The fourth-order valence-corrected chi connectivity index (χ4v) is 6.50. The molecule has 4 rings (SSSR count). The zero-order valence-electron chi connectivity index (χ0n) is 18.4. The van der Waals surface area contributed by atoms with Crippen LogP contribution in [0.2, 0.25) is 0 Å². The maximum atomic E-state index is 4.88. The molecule has 4 aromatic rings. The van der Waals surface area contributed by atoms with Crippen molar-refractivity contribution in [2.75, 3.05) is 0 Å². The molecule has 0 bridgehead atoms. The Morgan fingerprint density at radius 1 is 0.677 bits per heavy atom. The third-order valence-electron chi connectivity index (χ3n) is 5.53. The van der Waals surface area contributed by atoms with Gasteiger partial charge in [0.2, 0.25) is 0 Å². The Balaban J connectivity index is 1.71. The van der Waals surface area contributed by atoms with Crippen LogP contribution < -0.4 is 15.9 Å². The van der Waals surface area contributed by atoms with Gasteiger partial charge in [-0.05, 0) is 61.3 Å². The fourth-order valence-electron chi connectivity index (χ4n) is 4.08. The van der Waals surface area contributed by atoms with Crippen LogP contribution in [0.25, 0.3) is 0 Å². The minimum absolute atomic E-state index is 0.646. The van der Waals surface area contributed by atoms with Crippen LogP contribution in [0.5, 0.6) is 0 Å². The van der Waals surface area contributed by atoms with Crippen molar-refractivity contribution in [1.82, 2.24) is 0 Å². The van der Waals surface area contributed by atoms with E-state index < -0.39 is 7.92 Å². The van der Waals surface area contributed by atoms with E-state index in [4.69, 9.17) is 4.99 Å². The number of rotatable bonds is 6. The zero-order valence-corrected chi connectivity index (χ0v) is 19.3. The molecular formula is C29H28NP. The molecule has 154 valence electrons. The minimum atomic E-state index is -0.646. The van der Waals surface area contributed by atoms with Gasteiger partial charge in [-0.15, -0.1) is 0 Å². The van der Waals surface area contributed by atoms with Gasteiger partial charge in [0.15, 0.2) is 0 Å². The van der Waals surface area contributed by atoms with Crippen LogP contribution in [0, 0.1) is 20.8 Å². The van der Waals surface area contributed by atoms with Crippen molar-refractivity contribution in [2.24, 2.45) is 4.99 Å². The molecule has 0 heterocycles. The Morgan fingerprint density at radius 3 is 1.77 bits per heavy atom. The quantitative estimate of drug-likeness (QED) is 0.268. The van der Waals surface area contributed by atoms with Crippen molar-refractivity contribution in [1.29, 1.82) is 0 Å². The highest BCUT2D eigenvalue weighted by Gasteiger charge is 2.18. The molecule has 0 aliphatic rings. The van der Waals surface area contributed by atoms with Crippen LogP contribution in [-0.4, -0.2) is 6.21 Å². The van der Waals surface area contributed by atoms with E-state index in [9.17, 15) is 0 Å². The molecule has 0 aromatic heterocycles. The molecule has 0 radical (unpaired) electrons. The summed E-state index contributed by atoms with van der Waals surface area (Å²) >= 11 is 0. The standard InChI is InChI=1S/C29H28NP/c1-22-18-23(2)28(24(3)19-22)21-30-20-25-12-10-11-17-29(25)31(26-13-6-4-7-14-26)27-15-8-5-9-16-27/h4-20H,21H2,1-3H3. The van der Waals surface area contributed by atoms with E-state index in [2.05, 4.69) is 124 Å². The summed E-state index contributed by atoms with van der Waals surface area (Å²) in [5.74, 6) is 0. The second-order valence-corrected chi connectivity index (χ2v) is 10.1. The summed E-state index contributed by atoms with van der Waals surface area (Å²) in [4.78, 5) is 4.88. The van der Waals surface area contributed by atoms with Crippen molar-refractivity contribution in [2.45, 2.75) is 27.3 Å². The van der Waals surface area contributed by atoms with E-state index in [-0.39, 0.29) is 0 Å². The lowest BCUT2D eigenvalue weighted by molar-refractivity contribution is 1.03. The Kier molecular flexibility index (Phi) is 6.75. The largest absolute Gasteiger partial charge is 0.288 e. The molecule has 2 heteroatoms. The third-order valence-corrected chi connectivity index (χ3v) is 8.04. The Morgan fingerprint density at radius 2 is 1.19 bits per heavy atom. The normalized spacial score (nSPS) is 11.4. The number of aliphatic imine (C=N–C) groups is 1. The van der Waals surface area contributed by atoms with Crippen molar-refractivity contribution in [3.63, 3.8) is 0 Å². The summed E-state index contributed by atoms with van der Waals surface area (Å²) < 4.78 is 0. The SMILES string of the molecule is Cc1cc(C)c(CN=Cc2ccccc2P(c2ccccc2)c2ccccc2)c(C)c1. The van der Waals surface area contributed by atoms with E-state index >= 15 is 0 Å². The lowest BCUT2D eigenvalue weighted by Gasteiger charge is -2.21. The first kappa shape index (κ1) is 21.2. The number of nitrogens with zero attached hydrogens (tertiary/aromatic N) is 1. The van der Waals surface area contributed by atoms with Gasteiger partial charge in [-0.2, -0.15) is 0 Å². The van der Waals surface area contributed by atoms with Gasteiger partial charge in [-0.3, -0.25) is 4.99 Å². The Hall–Kier alpha value is -3.02. The summed E-state index contributed by atoms with van der Waals surface area (Å²) in [6, 6.07) is 34.9. The molecule has 0 atom stereocenters. The van der Waals surface area contributed by atoms with E-state index in [0.717, 1.165) is 0 Å². The summed E-state index contributed by atoms with van der Waals surface area (Å²) in [5, 5.41) is 4.06. The Bertz CT molecular complexity index is 1120. The van der Waals surface area contributed by atoms with E-state index in [1.165, 1.54) is 43.7 Å². The Labute approximate surface area is 187 Å². The maximum absolute atomic E-state index is 4.88. The van der Waals surface area contributed by atoms with Gasteiger partial charge in [0, 0.05) is 11.8 Å². The molecule has 1 nitrogen and oxygen atoms in total. The average molecular weight is 422 g/mol. The molecule has 31 heavy (non-hydrogen) atoms.